The quantitative estimate of drug-likeness (QED) is 0.172. The van der Waals surface area contributed by atoms with E-state index in [4.69, 9.17) is 4.74 Å². The lowest BCUT2D eigenvalue weighted by Crippen LogP contribution is -2.42. The van der Waals surface area contributed by atoms with Crippen molar-refractivity contribution in [2.24, 2.45) is 17.8 Å². The number of hydrogen-bond donors (Lipinski definition) is 0. The van der Waals surface area contributed by atoms with Gasteiger partial charge in [-0.2, -0.15) is 17.6 Å². The summed E-state index contributed by atoms with van der Waals surface area (Å²) in [6.07, 6.45) is 1.22. The van der Waals surface area contributed by atoms with Crippen LogP contribution in [-0.4, -0.2) is 18.3 Å². The normalized spacial score (nSPS) is 23.9. The van der Waals surface area contributed by atoms with E-state index in [1.165, 1.54) is 30.4 Å². The van der Waals surface area contributed by atoms with Crippen LogP contribution in [0.5, 0.6) is 5.75 Å². The second kappa shape index (κ2) is 14.3. The molecule has 2 saturated carbocycles. The zero-order chi connectivity index (χ0) is 29.5. The molecule has 0 atom stereocenters. The zero-order valence-electron chi connectivity index (χ0n) is 23.8. The van der Waals surface area contributed by atoms with Crippen molar-refractivity contribution in [2.75, 3.05) is 0 Å². The van der Waals surface area contributed by atoms with Crippen molar-refractivity contribution in [3.05, 3.63) is 65.2 Å². The zero-order valence-corrected chi connectivity index (χ0v) is 23.8. The predicted molar refractivity (Wildman–Crippen MR) is 147 cm³/mol. The molecule has 0 bridgehead atoms. The van der Waals surface area contributed by atoms with Crippen LogP contribution < -0.4 is 4.74 Å². The molecule has 0 aromatic heterocycles. The molecular formula is C33H42F6O2. The molecule has 0 aliphatic heterocycles. The summed E-state index contributed by atoms with van der Waals surface area (Å²) in [5, 5.41) is 0. The monoisotopic (exact) mass is 584 g/mol. The van der Waals surface area contributed by atoms with E-state index < -0.39 is 47.5 Å². The van der Waals surface area contributed by atoms with Crippen molar-refractivity contribution in [1.29, 1.82) is 0 Å². The van der Waals surface area contributed by atoms with Gasteiger partial charge in [0.25, 0.3) is 0 Å². The highest BCUT2D eigenvalue weighted by Crippen LogP contribution is 2.44. The number of ether oxygens (including phenoxy) is 2. The van der Waals surface area contributed by atoms with Gasteiger partial charge in [-0.3, -0.25) is 0 Å². The number of aryl methyl sites for hydroxylation is 2. The van der Waals surface area contributed by atoms with Gasteiger partial charge in [0.05, 0.1) is 17.9 Å². The van der Waals surface area contributed by atoms with E-state index in [1.54, 1.807) is 0 Å². The molecule has 2 aromatic carbocycles. The van der Waals surface area contributed by atoms with Gasteiger partial charge in [-0.15, -0.1) is 0 Å². The van der Waals surface area contributed by atoms with Gasteiger partial charge in [0, 0.05) is 6.07 Å². The van der Waals surface area contributed by atoms with Crippen LogP contribution in [0.15, 0.2) is 42.5 Å². The Morgan fingerprint density at radius 2 is 1.27 bits per heavy atom. The van der Waals surface area contributed by atoms with Crippen LogP contribution >= 0.6 is 0 Å². The smallest absolute Gasteiger partial charge is 0.400 e. The van der Waals surface area contributed by atoms with Crippen molar-refractivity contribution < 1.29 is 35.8 Å². The minimum absolute atomic E-state index is 0.0593. The maximum absolute atomic E-state index is 15.0. The maximum atomic E-state index is 15.0. The minimum Gasteiger partial charge on any atom is -0.432 e. The standard InChI is InChI=1S/C33H42F6O2/c1-2-3-4-5-23-6-8-24(9-7-23)10-11-25-12-14-26(15-13-25)32(36,37)40-28-18-16-27(17-19-28)33(38,39)41-29-20-21-30(34)31(35)22-29/h6-9,20-22,25-28H,2-5,10-19H2,1H3. The molecule has 0 spiro atoms. The van der Waals surface area contributed by atoms with Gasteiger partial charge < -0.3 is 9.47 Å². The van der Waals surface area contributed by atoms with E-state index in [0.29, 0.717) is 24.8 Å². The second-order valence-corrected chi connectivity index (χ2v) is 11.9. The summed E-state index contributed by atoms with van der Waals surface area (Å²) in [4.78, 5) is 0. The third-order valence-corrected chi connectivity index (χ3v) is 8.87. The molecule has 2 aromatic rings. The lowest BCUT2D eigenvalue weighted by molar-refractivity contribution is -0.306. The predicted octanol–water partition coefficient (Wildman–Crippen LogP) is 10.3. The molecular weight excluding hydrogens is 542 g/mol. The van der Waals surface area contributed by atoms with Crippen LogP contribution in [0.1, 0.15) is 95.1 Å². The molecule has 4 rings (SSSR count). The Hall–Kier alpha value is -2.22. The van der Waals surface area contributed by atoms with Gasteiger partial charge in [0.15, 0.2) is 11.6 Å². The molecule has 0 saturated heterocycles. The number of alkyl halides is 4. The highest BCUT2D eigenvalue weighted by molar-refractivity contribution is 5.24. The molecule has 0 radical (unpaired) electrons. The van der Waals surface area contributed by atoms with Crippen LogP contribution in [0.2, 0.25) is 0 Å². The molecule has 2 aliphatic rings. The Bertz CT molecular complexity index is 1070. The lowest BCUT2D eigenvalue weighted by atomic mass is 9.79. The third-order valence-electron chi connectivity index (χ3n) is 8.87. The number of hydrogen-bond acceptors (Lipinski definition) is 2. The highest BCUT2D eigenvalue weighted by atomic mass is 19.3. The first-order valence-corrected chi connectivity index (χ1v) is 15.2. The molecule has 228 valence electrons. The Balaban J connectivity index is 1.17. The average molecular weight is 585 g/mol. The Morgan fingerprint density at radius 1 is 0.683 bits per heavy atom. The summed E-state index contributed by atoms with van der Waals surface area (Å²) in [6.45, 7) is 2.20. The lowest BCUT2D eigenvalue weighted by Gasteiger charge is -2.38. The van der Waals surface area contributed by atoms with Gasteiger partial charge in [-0.1, -0.05) is 44.0 Å². The Labute approximate surface area is 239 Å². The van der Waals surface area contributed by atoms with Crippen LogP contribution in [0.3, 0.4) is 0 Å². The fourth-order valence-corrected chi connectivity index (χ4v) is 6.23. The Kier molecular flexibility index (Phi) is 11.1. The van der Waals surface area contributed by atoms with Gasteiger partial charge in [-0.25, -0.2) is 8.78 Å². The third kappa shape index (κ3) is 9.13. The first-order chi connectivity index (χ1) is 19.6. The first-order valence-electron chi connectivity index (χ1n) is 15.2. The molecule has 2 aliphatic carbocycles. The molecule has 0 unspecified atom stereocenters. The van der Waals surface area contributed by atoms with Crippen molar-refractivity contribution in [3.8, 4) is 5.75 Å². The van der Waals surface area contributed by atoms with E-state index >= 15 is 8.78 Å². The van der Waals surface area contributed by atoms with E-state index in [0.717, 1.165) is 44.2 Å². The van der Waals surface area contributed by atoms with Gasteiger partial charge in [0.2, 0.25) is 0 Å². The topological polar surface area (TPSA) is 18.5 Å². The maximum Gasteiger partial charge on any atom is 0.400 e. The molecule has 0 amide bonds. The highest BCUT2D eigenvalue weighted by Gasteiger charge is 2.48. The largest absolute Gasteiger partial charge is 0.432 e. The summed E-state index contributed by atoms with van der Waals surface area (Å²) in [5.41, 5.74) is 2.65. The minimum atomic E-state index is -3.63. The van der Waals surface area contributed by atoms with Crippen molar-refractivity contribution in [3.63, 3.8) is 0 Å². The number of halogens is 6. The van der Waals surface area contributed by atoms with Gasteiger partial charge >= 0.3 is 12.2 Å². The second-order valence-electron chi connectivity index (χ2n) is 11.9. The molecule has 41 heavy (non-hydrogen) atoms. The van der Waals surface area contributed by atoms with Gasteiger partial charge in [-0.05, 0) is 106 Å². The average Bonchev–Trinajstić information content (AvgIpc) is 2.95. The molecule has 0 heterocycles. The van der Waals surface area contributed by atoms with Crippen LogP contribution in [0.4, 0.5) is 26.3 Å². The first kappa shape index (κ1) is 31.7. The summed E-state index contributed by atoms with van der Waals surface area (Å²) >= 11 is 0. The number of unbranched alkanes of at least 4 members (excludes halogenated alkanes) is 2. The SMILES string of the molecule is CCCCCc1ccc(CCC2CCC(C(F)(F)OC3CCC(C(F)(F)Oc4ccc(F)c(F)c4)CC3)CC2)cc1. The summed E-state index contributed by atoms with van der Waals surface area (Å²) in [6, 6.07) is 11.0. The molecule has 0 N–H and O–H groups in total. The summed E-state index contributed by atoms with van der Waals surface area (Å²) < 4.78 is 95.7. The fourth-order valence-electron chi connectivity index (χ4n) is 6.23. The van der Waals surface area contributed by atoms with Crippen LogP contribution in [0.25, 0.3) is 0 Å². The van der Waals surface area contributed by atoms with Crippen LogP contribution in [0, 0.1) is 29.4 Å². The van der Waals surface area contributed by atoms with Gasteiger partial charge in [0.1, 0.15) is 5.75 Å². The fraction of sp³-hybridized carbons (Fsp3) is 0.636. The molecule has 8 heteroatoms. The van der Waals surface area contributed by atoms with Crippen molar-refractivity contribution in [2.45, 2.75) is 115 Å². The number of benzene rings is 2. The summed E-state index contributed by atoms with van der Waals surface area (Å²) in [7, 11) is 0. The van der Waals surface area contributed by atoms with E-state index in [2.05, 4.69) is 35.9 Å². The van der Waals surface area contributed by atoms with Crippen LogP contribution in [-0.2, 0) is 17.6 Å². The van der Waals surface area contributed by atoms with E-state index in [9.17, 15) is 17.6 Å². The van der Waals surface area contributed by atoms with E-state index in [1.807, 2.05) is 0 Å². The Morgan fingerprint density at radius 3 is 1.88 bits per heavy atom. The molecule has 2 nitrogen and oxygen atoms in total. The van der Waals surface area contributed by atoms with E-state index in [-0.39, 0.29) is 25.7 Å². The number of rotatable bonds is 13. The van der Waals surface area contributed by atoms with Crippen molar-refractivity contribution >= 4 is 0 Å². The summed E-state index contributed by atoms with van der Waals surface area (Å²) in [5.74, 6) is -4.60. The van der Waals surface area contributed by atoms with Crippen molar-refractivity contribution in [1.82, 2.24) is 0 Å². The molecule has 2 fully saturated rings.